The number of anilines is 1. The number of hydrogen-bond acceptors (Lipinski definition) is 3. The van der Waals surface area contributed by atoms with Crippen molar-refractivity contribution < 1.29 is 14.4 Å². The lowest BCUT2D eigenvalue weighted by Crippen LogP contribution is -2.41. The molecule has 25 heavy (non-hydrogen) atoms. The lowest BCUT2D eigenvalue weighted by Gasteiger charge is -2.26. The van der Waals surface area contributed by atoms with Crippen LogP contribution in [0.15, 0.2) is 24.3 Å². The predicted octanol–water partition coefficient (Wildman–Crippen LogP) is 1.90. The molecule has 0 saturated heterocycles. The van der Waals surface area contributed by atoms with Crippen molar-refractivity contribution in [1.29, 1.82) is 0 Å². The Morgan fingerprint density at radius 1 is 1.16 bits per heavy atom. The van der Waals surface area contributed by atoms with Crippen molar-refractivity contribution in [3.05, 3.63) is 29.8 Å². The van der Waals surface area contributed by atoms with E-state index in [4.69, 9.17) is 0 Å². The SMILES string of the molecule is CCN(CC)C(=O)CN(C)C(=O)CCC1Cc2ccccc2NC1=O. The molecule has 1 N–H and O–H groups in total. The highest BCUT2D eigenvalue weighted by Crippen LogP contribution is 2.27. The number of likely N-dealkylation sites (N-methyl/N-ethyl adjacent to an activating group) is 2. The van der Waals surface area contributed by atoms with Crippen LogP contribution in [0.25, 0.3) is 0 Å². The largest absolute Gasteiger partial charge is 0.342 e. The molecule has 6 nitrogen and oxygen atoms in total. The summed E-state index contributed by atoms with van der Waals surface area (Å²) in [5.41, 5.74) is 1.96. The van der Waals surface area contributed by atoms with E-state index in [1.54, 1.807) is 11.9 Å². The number of nitrogens with one attached hydrogen (secondary N) is 1. The number of benzene rings is 1. The molecule has 1 heterocycles. The number of nitrogens with zero attached hydrogens (tertiary/aromatic N) is 2. The summed E-state index contributed by atoms with van der Waals surface area (Å²) in [5.74, 6) is -0.392. The zero-order valence-electron chi connectivity index (χ0n) is 15.2. The number of para-hydroxylation sites is 1. The molecule has 0 fully saturated rings. The highest BCUT2D eigenvalue weighted by atomic mass is 16.2. The summed E-state index contributed by atoms with van der Waals surface area (Å²) in [6.07, 6.45) is 1.41. The minimum absolute atomic E-state index is 0.0339. The first kappa shape index (κ1) is 19.0. The van der Waals surface area contributed by atoms with Gasteiger partial charge >= 0.3 is 0 Å². The Bertz CT molecular complexity index is 641. The van der Waals surface area contributed by atoms with E-state index < -0.39 is 0 Å². The van der Waals surface area contributed by atoms with Gasteiger partial charge in [0.25, 0.3) is 0 Å². The van der Waals surface area contributed by atoms with Crippen LogP contribution >= 0.6 is 0 Å². The third-order valence-corrected chi connectivity index (χ3v) is 4.73. The van der Waals surface area contributed by atoms with Crippen molar-refractivity contribution in [2.75, 3.05) is 32.0 Å². The molecule has 0 aromatic heterocycles. The molecule has 6 heteroatoms. The van der Waals surface area contributed by atoms with Crippen LogP contribution in [0.2, 0.25) is 0 Å². The second kappa shape index (κ2) is 8.65. The van der Waals surface area contributed by atoms with Gasteiger partial charge in [-0.2, -0.15) is 0 Å². The first-order chi connectivity index (χ1) is 12.0. The van der Waals surface area contributed by atoms with Gasteiger partial charge in [-0.05, 0) is 38.3 Å². The van der Waals surface area contributed by atoms with Crippen LogP contribution in [0.3, 0.4) is 0 Å². The second-order valence-corrected chi connectivity index (χ2v) is 6.40. The van der Waals surface area contributed by atoms with Crippen molar-refractivity contribution in [1.82, 2.24) is 9.80 Å². The Morgan fingerprint density at radius 3 is 2.52 bits per heavy atom. The summed E-state index contributed by atoms with van der Waals surface area (Å²) >= 11 is 0. The van der Waals surface area contributed by atoms with Gasteiger partial charge in [0.05, 0.1) is 6.54 Å². The average molecular weight is 345 g/mol. The van der Waals surface area contributed by atoms with Crippen LogP contribution in [0, 0.1) is 5.92 Å². The van der Waals surface area contributed by atoms with Crippen LogP contribution in [0.4, 0.5) is 5.69 Å². The number of fused-ring (bicyclic) bond motifs is 1. The summed E-state index contributed by atoms with van der Waals surface area (Å²) in [5, 5.41) is 2.90. The Kier molecular flexibility index (Phi) is 6.56. The lowest BCUT2D eigenvalue weighted by atomic mass is 9.89. The third-order valence-electron chi connectivity index (χ3n) is 4.73. The smallest absolute Gasteiger partial charge is 0.242 e. The van der Waals surface area contributed by atoms with Gasteiger partial charge in [0.2, 0.25) is 17.7 Å². The summed E-state index contributed by atoms with van der Waals surface area (Å²) in [4.78, 5) is 39.7. The fraction of sp³-hybridized carbons (Fsp3) is 0.526. The topological polar surface area (TPSA) is 69.7 Å². The van der Waals surface area contributed by atoms with Gasteiger partial charge in [-0.3, -0.25) is 14.4 Å². The molecule has 0 radical (unpaired) electrons. The quantitative estimate of drug-likeness (QED) is 0.821. The average Bonchev–Trinajstić information content (AvgIpc) is 2.60. The van der Waals surface area contributed by atoms with E-state index in [9.17, 15) is 14.4 Å². The Morgan fingerprint density at radius 2 is 1.84 bits per heavy atom. The van der Waals surface area contributed by atoms with Crippen molar-refractivity contribution in [3.63, 3.8) is 0 Å². The molecule has 1 atom stereocenters. The first-order valence-corrected chi connectivity index (χ1v) is 8.86. The number of carbonyl (C=O) groups excluding carboxylic acids is 3. The van der Waals surface area contributed by atoms with E-state index in [1.807, 2.05) is 38.1 Å². The molecule has 1 aliphatic rings. The summed E-state index contributed by atoms with van der Waals surface area (Å²) in [6, 6.07) is 7.73. The maximum atomic E-state index is 12.3. The molecule has 0 bridgehead atoms. The highest BCUT2D eigenvalue weighted by Gasteiger charge is 2.27. The first-order valence-electron chi connectivity index (χ1n) is 8.86. The van der Waals surface area contributed by atoms with Crippen LogP contribution < -0.4 is 5.32 Å². The number of carbonyl (C=O) groups is 3. The molecule has 1 unspecified atom stereocenters. The molecule has 2 rings (SSSR count). The van der Waals surface area contributed by atoms with Gasteiger partial charge in [0.15, 0.2) is 0 Å². The van der Waals surface area contributed by atoms with Gasteiger partial charge in [0, 0.05) is 38.2 Å². The van der Waals surface area contributed by atoms with E-state index in [-0.39, 0.29) is 36.6 Å². The van der Waals surface area contributed by atoms with Crippen molar-refractivity contribution >= 4 is 23.4 Å². The minimum Gasteiger partial charge on any atom is -0.342 e. The zero-order valence-corrected chi connectivity index (χ0v) is 15.2. The van der Waals surface area contributed by atoms with Crippen LogP contribution in [-0.4, -0.2) is 54.2 Å². The zero-order chi connectivity index (χ0) is 18.4. The van der Waals surface area contributed by atoms with E-state index >= 15 is 0 Å². The van der Waals surface area contributed by atoms with E-state index in [0.29, 0.717) is 25.9 Å². The third kappa shape index (κ3) is 4.81. The molecule has 136 valence electrons. The summed E-state index contributed by atoms with van der Waals surface area (Å²) < 4.78 is 0. The molecule has 0 spiro atoms. The maximum Gasteiger partial charge on any atom is 0.242 e. The fourth-order valence-corrected chi connectivity index (χ4v) is 3.10. The molecule has 0 saturated carbocycles. The minimum atomic E-state index is -0.203. The van der Waals surface area contributed by atoms with Crippen molar-refractivity contribution in [2.45, 2.75) is 33.1 Å². The fourth-order valence-electron chi connectivity index (χ4n) is 3.10. The van der Waals surface area contributed by atoms with Crippen LogP contribution in [0.5, 0.6) is 0 Å². The van der Waals surface area contributed by atoms with Gasteiger partial charge in [-0.25, -0.2) is 0 Å². The van der Waals surface area contributed by atoms with Gasteiger partial charge in [-0.15, -0.1) is 0 Å². The summed E-state index contributed by atoms with van der Waals surface area (Å²) in [7, 11) is 1.64. The summed E-state index contributed by atoms with van der Waals surface area (Å²) in [6.45, 7) is 5.20. The Balaban J connectivity index is 1.85. The molecular formula is C19H27N3O3. The molecule has 1 aromatic rings. The number of hydrogen-bond donors (Lipinski definition) is 1. The molecule has 1 aliphatic heterocycles. The van der Waals surface area contributed by atoms with E-state index in [0.717, 1.165) is 11.3 Å². The maximum absolute atomic E-state index is 12.3. The molecule has 1 aromatic carbocycles. The Hall–Kier alpha value is -2.37. The van der Waals surface area contributed by atoms with Gasteiger partial charge in [0.1, 0.15) is 0 Å². The predicted molar refractivity (Wildman–Crippen MR) is 97.1 cm³/mol. The number of rotatable bonds is 7. The second-order valence-electron chi connectivity index (χ2n) is 6.40. The molecular weight excluding hydrogens is 318 g/mol. The number of amides is 3. The molecule has 3 amide bonds. The van der Waals surface area contributed by atoms with Crippen LogP contribution in [0.1, 0.15) is 32.3 Å². The van der Waals surface area contributed by atoms with E-state index in [1.165, 1.54) is 4.90 Å². The van der Waals surface area contributed by atoms with E-state index in [2.05, 4.69) is 5.32 Å². The van der Waals surface area contributed by atoms with Gasteiger partial charge < -0.3 is 15.1 Å². The van der Waals surface area contributed by atoms with Crippen molar-refractivity contribution in [2.24, 2.45) is 5.92 Å². The van der Waals surface area contributed by atoms with Crippen LogP contribution in [-0.2, 0) is 20.8 Å². The Labute approximate surface area is 149 Å². The highest BCUT2D eigenvalue weighted by molar-refractivity contribution is 5.96. The van der Waals surface area contributed by atoms with Crippen molar-refractivity contribution in [3.8, 4) is 0 Å². The lowest BCUT2D eigenvalue weighted by molar-refractivity contribution is -0.139. The molecule has 0 aliphatic carbocycles. The normalized spacial score (nSPS) is 16.0. The monoisotopic (exact) mass is 345 g/mol. The van der Waals surface area contributed by atoms with Gasteiger partial charge in [-0.1, -0.05) is 18.2 Å². The standard InChI is InChI=1S/C19H27N3O3/c1-4-22(5-2)18(24)13-21(3)17(23)11-10-15-12-14-8-6-7-9-16(14)20-19(15)25/h6-9,15H,4-5,10-13H2,1-3H3,(H,20,25).